The summed E-state index contributed by atoms with van der Waals surface area (Å²) in [6.07, 6.45) is 4.69. The molecule has 106 valence electrons. The van der Waals surface area contributed by atoms with Gasteiger partial charge in [0.2, 0.25) is 0 Å². The van der Waals surface area contributed by atoms with Crippen LogP contribution in [0.15, 0.2) is 24.3 Å². The Morgan fingerprint density at radius 2 is 2.16 bits per heavy atom. The van der Waals surface area contributed by atoms with Gasteiger partial charge in [0, 0.05) is 17.9 Å². The van der Waals surface area contributed by atoms with E-state index in [1.165, 1.54) is 19.3 Å². The molecule has 2 amide bonds. The van der Waals surface area contributed by atoms with Crippen molar-refractivity contribution in [2.75, 3.05) is 17.6 Å². The first-order valence-electron chi connectivity index (χ1n) is 7.06. The van der Waals surface area contributed by atoms with E-state index < -0.39 is 0 Å². The summed E-state index contributed by atoms with van der Waals surface area (Å²) in [7, 11) is 0. The van der Waals surface area contributed by atoms with Crippen LogP contribution < -0.4 is 16.4 Å². The van der Waals surface area contributed by atoms with Crippen molar-refractivity contribution >= 4 is 17.4 Å². The number of carbonyl (C=O) groups is 1. The van der Waals surface area contributed by atoms with Crippen LogP contribution in [0, 0.1) is 5.92 Å². The quantitative estimate of drug-likeness (QED) is 0.658. The van der Waals surface area contributed by atoms with Crippen LogP contribution in [0.2, 0.25) is 0 Å². The van der Waals surface area contributed by atoms with Crippen LogP contribution in [0.3, 0.4) is 0 Å². The molecule has 0 saturated carbocycles. The van der Waals surface area contributed by atoms with E-state index >= 15 is 0 Å². The van der Waals surface area contributed by atoms with Crippen LogP contribution in [-0.4, -0.2) is 12.6 Å². The van der Waals surface area contributed by atoms with Crippen molar-refractivity contribution in [2.45, 2.75) is 39.5 Å². The minimum absolute atomic E-state index is 0.166. The molecule has 19 heavy (non-hydrogen) atoms. The summed E-state index contributed by atoms with van der Waals surface area (Å²) < 4.78 is 0. The number of rotatable bonds is 7. The monoisotopic (exact) mass is 263 g/mol. The Labute approximate surface area is 115 Å². The summed E-state index contributed by atoms with van der Waals surface area (Å²) in [4.78, 5) is 11.8. The van der Waals surface area contributed by atoms with Gasteiger partial charge in [-0.1, -0.05) is 39.2 Å². The van der Waals surface area contributed by atoms with Crippen LogP contribution in [-0.2, 0) is 0 Å². The van der Waals surface area contributed by atoms with Crippen LogP contribution in [0.1, 0.15) is 39.5 Å². The van der Waals surface area contributed by atoms with Crippen molar-refractivity contribution in [1.29, 1.82) is 0 Å². The maximum atomic E-state index is 11.8. The number of hydrogen-bond acceptors (Lipinski definition) is 2. The number of unbranched alkanes of at least 4 members (excludes halogenated alkanes) is 1. The molecule has 0 heterocycles. The second kappa shape index (κ2) is 8.40. The Hall–Kier alpha value is -1.71. The van der Waals surface area contributed by atoms with Gasteiger partial charge in [0.05, 0.1) is 0 Å². The third kappa shape index (κ3) is 6.13. The average molecular weight is 263 g/mol. The van der Waals surface area contributed by atoms with Crippen LogP contribution in [0.4, 0.5) is 16.2 Å². The zero-order valence-corrected chi connectivity index (χ0v) is 11.9. The molecule has 4 heteroatoms. The van der Waals surface area contributed by atoms with Gasteiger partial charge >= 0.3 is 6.03 Å². The van der Waals surface area contributed by atoms with E-state index in [0.29, 0.717) is 11.6 Å². The molecular weight excluding hydrogens is 238 g/mol. The van der Waals surface area contributed by atoms with Gasteiger partial charge in [0.15, 0.2) is 0 Å². The SMILES string of the molecule is CCCCC(CC)CNC(=O)Nc1cccc(N)c1. The second-order valence-electron chi connectivity index (χ2n) is 4.88. The molecular formula is C15H25N3O. The van der Waals surface area contributed by atoms with Gasteiger partial charge in [0.1, 0.15) is 0 Å². The Morgan fingerprint density at radius 3 is 2.79 bits per heavy atom. The number of nitrogen functional groups attached to an aromatic ring is 1. The van der Waals surface area contributed by atoms with Crippen molar-refractivity contribution < 1.29 is 4.79 Å². The average Bonchev–Trinajstić information content (AvgIpc) is 2.39. The van der Waals surface area contributed by atoms with E-state index in [2.05, 4.69) is 24.5 Å². The number of hydrogen-bond donors (Lipinski definition) is 3. The van der Waals surface area contributed by atoms with Crippen LogP contribution >= 0.6 is 0 Å². The molecule has 1 aromatic carbocycles. The number of anilines is 2. The zero-order valence-electron chi connectivity index (χ0n) is 11.9. The Morgan fingerprint density at radius 1 is 1.37 bits per heavy atom. The zero-order chi connectivity index (χ0) is 14.1. The van der Waals surface area contributed by atoms with E-state index in [1.54, 1.807) is 12.1 Å². The molecule has 0 aliphatic rings. The molecule has 0 fully saturated rings. The summed E-state index contributed by atoms with van der Waals surface area (Å²) >= 11 is 0. The number of carbonyl (C=O) groups excluding carboxylic acids is 1. The molecule has 0 bridgehead atoms. The van der Waals surface area contributed by atoms with E-state index in [9.17, 15) is 4.79 Å². The molecule has 1 aromatic rings. The standard InChI is InChI=1S/C15H25N3O/c1-3-5-7-12(4-2)11-17-15(19)18-14-9-6-8-13(16)10-14/h6,8-10,12H,3-5,7,11,16H2,1-2H3,(H2,17,18,19). The molecule has 0 aliphatic carbocycles. The van der Waals surface area contributed by atoms with Gasteiger partial charge in [-0.05, 0) is 30.5 Å². The second-order valence-corrected chi connectivity index (χ2v) is 4.88. The predicted molar refractivity (Wildman–Crippen MR) is 81.2 cm³/mol. The summed E-state index contributed by atoms with van der Waals surface area (Å²) in [6.45, 7) is 5.08. The number of nitrogens with two attached hydrogens (primary N) is 1. The molecule has 0 radical (unpaired) electrons. The highest BCUT2D eigenvalue weighted by atomic mass is 16.2. The third-order valence-electron chi connectivity index (χ3n) is 3.24. The van der Waals surface area contributed by atoms with E-state index in [0.717, 1.165) is 18.7 Å². The van der Waals surface area contributed by atoms with Crippen LogP contribution in [0.25, 0.3) is 0 Å². The van der Waals surface area contributed by atoms with Gasteiger partial charge < -0.3 is 16.4 Å². The largest absolute Gasteiger partial charge is 0.399 e. The Kier molecular flexibility index (Phi) is 6.79. The molecule has 0 spiro atoms. The highest BCUT2D eigenvalue weighted by molar-refractivity contribution is 5.89. The molecule has 1 rings (SSSR count). The van der Waals surface area contributed by atoms with E-state index in [1.807, 2.05) is 12.1 Å². The predicted octanol–water partition coefficient (Wildman–Crippen LogP) is 3.61. The van der Waals surface area contributed by atoms with Crippen molar-refractivity contribution in [3.8, 4) is 0 Å². The fourth-order valence-corrected chi connectivity index (χ4v) is 1.97. The molecule has 4 N–H and O–H groups in total. The molecule has 0 aromatic heterocycles. The van der Waals surface area contributed by atoms with E-state index in [-0.39, 0.29) is 6.03 Å². The maximum absolute atomic E-state index is 11.8. The lowest BCUT2D eigenvalue weighted by Gasteiger charge is -2.15. The lowest BCUT2D eigenvalue weighted by Crippen LogP contribution is -2.33. The molecule has 0 aliphatic heterocycles. The summed E-state index contributed by atoms with van der Waals surface area (Å²) in [5, 5.41) is 5.71. The summed E-state index contributed by atoms with van der Waals surface area (Å²) in [6, 6.07) is 7.01. The normalized spacial score (nSPS) is 11.9. The summed E-state index contributed by atoms with van der Waals surface area (Å²) in [5.41, 5.74) is 7.03. The first kappa shape index (κ1) is 15.3. The topological polar surface area (TPSA) is 67.2 Å². The van der Waals surface area contributed by atoms with Crippen molar-refractivity contribution in [1.82, 2.24) is 5.32 Å². The number of nitrogens with one attached hydrogen (secondary N) is 2. The molecule has 0 saturated heterocycles. The molecule has 1 atom stereocenters. The van der Waals surface area contributed by atoms with Crippen LogP contribution in [0.5, 0.6) is 0 Å². The Bertz CT molecular complexity index is 393. The van der Waals surface area contributed by atoms with Gasteiger partial charge in [0.25, 0.3) is 0 Å². The first-order chi connectivity index (χ1) is 9.15. The van der Waals surface area contributed by atoms with E-state index in [4.69, 9.17) is 5.73 Å². The fraction of sp³-hybridized carbons (Fsp3) is 0.533. The third-order valence-corrected chi connectivity index (χ3v) is 3.24. The lowest BCUT2D eigenvalue weighted by molar-refractivity contribution is 0.249. The van der Waals surface area contributed by atoms with Gasteiger partial charge in [-0.15, -0.1) is 0 Å². The van der Waals surface area contributed by atoms with Crippen molar-refractivity contribution in [3.63, 3.8) is 0 Å². The molecule has 4 nitrogen and oxygen atoms in total. The highest BCUT2D eigenvalue weighted by Crippen LogP contribution is 2.13. The smallest absolute Gasteiger partial charge is 0.319 e. The summed E-state index contributed by atoms with van der Waals surface area (Å²) in [5.74, 6) is 0.562. The number of amides is 2. The highest BCUT2D eigenvalue weighted by Gasteiger charge is 2.08. The minimum atomic E-state index is -0.166. The van der Waals surface area contributed by atoms with Gasteiger partial charge in [-0.25, -0.2) is 4.79 Å². The Balaban J connectivity index is 2.34. The first-order valence-corrected chi connectivity index (χ1v) is 7.06. The molecule has 1 unspecified atom stereocenters. The minimum Gasteiger partial charge on any atom is -0.399 e. The van der Waals surface area contributed by atoms with Crippen molar-refractivity contribution in [2.24, 2.45) is 5.92 Å². The van der Waals surface area contributed by atoms with Gasteiger partial charge in [-0.3, -0.25) is 0 Å². The number of benzene rings is 1. The van der Waals surface area contributed by atoms with Crippen molar-refractivity contribution in [3.05, 3.63) is 24.3 Å². The fourth-order valence-electron chi connectivity index (χ4n) is 1.97. The number of urea groups is 1. The van der Waals surface area contributed by atoms with Gasteiger partial charge in [-0.2, -0.15) is 0 Å². The maximum Gasteiger partial charge on any atom is 0.319 e. The lowest BCUT2D eigenvalue weighted by atomic mass is 9.99.